The molecule has 0 aliphatic heterocycles. The number of benzene rings is 2. The largest absolute Gasteiger partial charge is 0.335 e. The van der Waals surface area contributed by atoms with E-state index in [0.717, 1.165) is 16.4 Å². The molecule has 0 unspecified atom stereocenters. The summed E-state index contributed by atoms with van der Waals surface area (Å²) in [5.74, 6) is 0. The maximum absolute atomic E-state index is 11.9. The maximum atomic E-state index is 11.9. The van der Waals surface area contributed by atoms with Gasteiger partial charge in [0.25, 0.3) is 11.1 Å². The minimum absolute atomic E-state index is 0.349. The Kier molecular flexibility index (Phi) is 1.73. The molecule has 0 spiro atoms. The Bertz CT molecular complexity index is 1030. The molecule has 0 saturated carbocycles. The maximum Gasteiger partial charge on any atom is 0.258 e. The molecule has 0 amide bonds. The number of aromatic nitrogens is 3. The SMILES string of the molecule is Cn1cnc2ccc3c(=O)[nH]c(=O)c4ccc1c2c34. The zero-order valence-corrected chi connectivity index (χ0v) is 10.1. The average molecular weight is 251 g/mol. The van der Waals surface area contributed by atoms with Gasteiger partial charge in [-0.1, -0.05) is 0 Å². The van der Waals surface area contributed by atoms with E-state index < -0.39 is 0 Å². The van der Waals surface area contributed by atoms with Crippen LogP contribution < -0.4 is 11.1 Å². The molecule has 0 bridgehead atoms. The summed E-state index contributed by atoms with van der Waals surface area (Å²) in [7, 11) is 1.89. The molecule has 4 rings (SSSR count). The van der Waals surface area contributed by atoms with Crippen LogP contribution in [0.25, 0.3) is 32.6 Å². The Balaban J connectivity index is 2.55. The van der Waals surface area contributed by atoms with E-state index in [0.29, 0.717) is 16.2 Å². The molecule has 0 aliphatic carbocycles. The molecule has 0 fully saturated rings. The minimum atomic E-state index is -0.349. The zero-order chi connectivity index (χ0) is 13.1. The van der Waals surface area contributed by atoms with E-state index in [-0.39, 0.29) is 11.1 Å². The van der Waals surface area contributed by atoms with Crippen molar-refractivity contribution in [3.05, 3.63) is 51.3 Å². The highest BCUT2D eigenvalue weighted by Crippen LogP contribution is 2.29. The number of pyridine rings is 1. The third-order valence-electron chi connectivity index (χ3n) is 3.58. The highest BCUT2D eigenvalue weighted by atomic mass is 16.2. The third-order valence-corrected chi connectivity index (χ3v) is 3.58. The van der Waals surface area contributed by atoms with Gasteiger partial charge in [0.1, 0.15) is 0 Å². The van der Waals surface area contributed by atoms with Gasteiger partial charge in [-0.05, 0) is 24.3 Å². The fourth-order valence-corrected chi connectivity index (χ4v) is 2.69. The van der Waals surface area contributed by atoms with Gasteiger partial charge in [-0.3, -0.25) is 14.6 Å². The summed E-state index contributed by atoms with van der Waals surface area (Å²) >= 11 is 0. The predicted octanol–water partition coefficient (Wildman–Crippen LogP) is 1.37. The second-order valence-corrected chi connectivity index (χ2v) is 4.65. The van der Waals surface area contributed by atoms with Gasteiger partial charge < -0.3 is 4.57 Å². The molecule has 0 radical (unpaired) electrons. The van der Waals surface area contributed by atoms with Crippen molar-refractivity contribution in [1.29, 1.82) is 0 Å². The van der Waals surface area contributed by atoms with Gasteiger partial charge in [-0.25, -0.2) is 4.98 Å². The number of nitrogens with one attached hydrogen (secondary N) is 1. The molecule has 1 N–H and O–H groups in total. The Morgan fingerprint density at radius 2 is 1.68 bits per heavy atom. The van der Waals surface area contributed by atoms with Crippen LogP contribution in [0.15, 0.2) is 40.2 Å². The Morgan fingerprint density at radius 3 is 2.42 bits per heavy atom. The lowest BCUT2D eigenvalue weighted by Crippen LogP contribution is -2.19. The molecule has 92 valence electrons. The number of hydrogen-bond donors (Lipinski definition) is 1. The second-order valence-electron chi connectivity index (χ2n) is 4.65. The number of aryl methyl sites for hydroxylation is 1. The number of rotatable bonds is 0. The first-order chi connectivity index (χ1) is 9.16. The summed E-state index contributed by atoms with van der Waals surface area (Å²) in [5.41, 5.74) is 1.04. The van der Waals surface area contributed by atoms with Gasteiger partial charge in [-0.2, -0.15) is 0 Å². The topological polar surface area (TPSA) is 67.8 Å². The van der Waals surface area contributed by atoms with Crippen LogP contribution in [0, 0.1) is 0 Å². The van der Waals surface area contributed by atoms with Crippen LogP contribution >= 0.6 is 0 Å². The number of aromatic amines is 1. The van der Waals surface area contributed by atoms with Crippen molar-refractivity contribution >= 4 is 32.6 Å². The molecular weight excluding hydrogens is 242 g/mol. The van der Waals surface area contributed by atoms with Gasteiger partial charge >= 0.3 is 0 Å². The van der Waals surface area contributed by atoms with Crippen LogP contribution in [0.5, 0.6) is 0 Å². The molecular formula is C14H9N3O2. The zero-order valence-electron chi connectivity index (χ0n) is 10.1. The van der Waals surface area contributed by atoms with Gasteiger partial charge in [0, 0.05) is 28.6 Å². The van der Waals surface area contributed by atoms with E-state index in [9.17, 15) is 9.59 Å². The minimum Gasteiger partial charge on any atom is -0.335 e. The highest BCUT2D eigenvalue weighted by Gasteiger charge is 2.13. The molecule has 19 heavy (non-hydrogen) atoms. The summed E-state index contributed by atoms with van der Waals surface area (Å²) in [6, 6.07) is 7.16. The smallest absolute Gasteiger partial charge is 0.258 e. The van der Waals surface area contributed by atoms with E-state index in [4.69, 9.17) is 0 Å². The Hall–Kier alpha value is -2.69. The predicted molar refractivity (Wildman–Crippen MR) is 73.8 cm³/mol. The third kappa shape index (κ3) is 1.16. The number of H-pyrrole nitrogens is 1. The molecule has 0 atom stereocenters. The van der Waals surface area contributed by atoms with Crippen molar-refractivity contribution in [2.45, 2.75) is 0 Å². The van der Waals surface area contributed by atoms with E-state index in [2.05, 4.69) is 9.97 Å². The number of hydrogen-bond acceptors (Lipinski definition) is 3. The van der Waals surface area contributed by atoms with Gasteiger partial charge in [0.15, 0.2) is 0 Å². The van der Waals surface area contributed by atoms with Crippen LogP contribution in [0.2, 0.25) is 0 Å². The summed E-state index contributed by atoms with van der Waals surface area (Å²) < 4.78 is 1.88. The van der Waals surface area contributed by atoms with E-state index in [1.165, 1.54) is 0 Å². The van der Waals surface area contributed by atoms with Gasteiger partial charge in [0.2, 0.25) is 0 Å². The molecule has 2 aromatic heterocycles. The van der Waals surface area contributed by atoms with Crippen LogP contribution in [0.4, 0.5) is 0 Å². The fraction of sp³-hybridized carbons (Fsp3) is 0.0714. The van der Waals surface area contributed by atoms with Crippen molar-refractivity contribution in [2.75, 3.05) is 0 Å². The molecule has 2 aromatic carbocycles. The molecule has 5 nitrogen and oxygen atoms in total. The lowest BCUT2D eigenvalue weighted by Gasteiger charge is -2.11. The number of nitrogens with zero attached hydrogens (tertiary/aromatic N) is 2. The summed E-state index contributed by atoms with van der Waals surface area (Å²) in [6.45, 7) is 0. The lowest BCUT2D eigenvalue weighted by molar-refractivity contribution is 0.919. The summed E-state index contributed by atoms with van der Waals surface area (Å²) in [4.78, 5) is 30.5. The summed E-state index contributed by atoms with van der Waals surface area (Å²) in [6.07, 6.45) is 1.73. The molecule has 2 heterocycles. The molecule has 0 saturated heterocycles. The van der Waals surface area contributed by atoms with Crippen LogP contribution in [-0.2, 0) is 7.05 Å². The first-order valence-electron chi connectivity index (χ1n) is 5.89. The quantitative estimate of drug-likeness (QED) is 0.480. The Morgan fingerprint density at radius 1 is 1.00 bits per heavy atom. The van der Waals surface area contributed by atoms with Crippen LogP contribution in [0.1, 0.15) is 0 Å². The van der Waals surface area contributed by atoms with Crippen molar-refractivity contribution in [3.63, 3.8) is 0 Å². The highest BCUT2D eigenvalue weighted by molar-refractivity contribution is 6.20. The van der Waals surface area contributed by atoms with Gasteiger partial charge in [0.05, 0.1) is 17.4 Å². The molecule has 4 aromatic rings. The van der Waals surface area contributed by atoms with Gasteiger partial charge in [-0.15, -0.1) is 0 Å². The first kappa shape index (κ1) is 10.3. The monoisotopic (exact) mass is 251 g/mol. The Labute approximate surface area is 106 Å². The van der Waals surface area contributed by atoms with Crippen molar-refractivity contribution in [2.24, 2.45) is 7.05 Å². The molecule has 0 aliphatic rings. The van der Waals surface area contributed by atoms with Crippen molar-refractivity contribution in [1.82, 2.24) is 14.5 Å². The summed E-state index contributed by atoms with van der Waals surface area (Å²) in [5, 5.41) is 2.62. The first-order valence-corrected chi connectivity index (χ1v) is 5.89. The normalized spacial score (nSPS) is 11.8. The van der Waals surface area contributed by atoms with E-state index in [1.807, 2.05) is 23.7 Å². The van der Waals surface area contributed by atoms with E-state index in [1.54, 1.807) is 18.5 Å². The molecule has 5 heteroatoms. The standard InChI is InChI=1S/C14H9N3O2/c1-17-6-15-9-4-2-7-11-8(14(19)16-13(7)18)3-5-10(17)12(9)11/h2-6H,1H3,(H,16,18,19). The second kappa shape index (κ2) is 3.20. The average Bonchev–Trinajstić information content (AvgIpc) is 2.41. The fourth-order valence-electron chi connectivity index (χ4n) is 2.69. The van der Waals surface area contributed by atoms with E-state index >= 15 is 0 Å². The van der Waals surface area contributed by atoms with Crippen LogP contribution in [0.3, 0.4) is 0 Å². The van der Waals surface area contributed by atoms with Crippen LogP contribution in [-0.4, -0.2) is 14.5 Å². The van der Waals surface area contributed by atoms with Crippen molar-refractivity contribution < 1.29 is 0 Å². The van der Waals surface area contributed by atoms with Crippen molar-refractivity contribution in [3.8, 4) is 0 Å². The lowest BCUT2D eigenvalue weighted by atomic mass is 10.0.